The van der Waals surface area contributed by atoms with Gasteiger partial charge < -0.3 is 10.0 Å². The fourth-order valence-electron chi connectivity index (χ4n) is 3.46. The van der Waals surface area contributed by atoms with Crippen LogP contribution in [-0.4, -0.2) is 33.9 Å². The van der Waals surface area contributed by atoms with E-state index in [1.807, 2.05) is 30.3 Å². The molecule has 2 aromatic carbocycles. The standard InChI is InChI=1S/C20H22N2O4/c1-14-7-8-17(13-18(14)22(25)26)20(24)21-11-9-16(10-12-21)19(23)15-5-3-2-4-6-15/h2-8,13,16,19,23H,9-12H2,1H3. The third-order valence-corrected chi connectivity index (χ3v) is 5.07. The highest BCUT2D eigenvalue weighted by molar-refractivity contribution is 5.95. The number of nitro groups is 1. The van der Waals surface area contributed by atoms with E-state index in [9.17, 15) is 20.0 Å². The fraction of sp³-hybridized carbons (Fsp3) is 0.350. The van der Waals surface area contributed by atoms with Crippen molar-refractivity contribution in [1.82, 2.24) is 4.90 Å². The number of aryl methyl sites for hydroxylation is 1. The number of hydrogen-bond acceptors (Lipinski definition) is 4. The first-order valence-electron chi connectivity index (χ1n) is 8.74. The molecule has 6 nitrogen and oxygen atoms in total. The summed E-state index contributed by atoms with van der Waals surface area (Å²) < 4.78 is 0. The Hall–Kier alpha value is -2.73. The Kier molecular flexibility index (Phi) is 5.32. The molecule has 1 amide bonds. The molecule has 6 heteroatoms. The molecule has 2 aromatic rings. The Labute approximate surface area is 152 Å². The zero-order chi connectivity index (χ0) is 18.7. The van der Waals surface area contributed by atoms with E-state index >= 15 is 0 Å². The normalized spacial score (nSPS) is 16.3. The predicted octanol–water partition coefficient (Wildman–Crippen LogP) is 3.49. The van der Waals surface area contributed by atoms with E-state index in [2.05, 4.69) is 0 Å². The molecule has 1 aliphatic rings. The third-order valence-electron chi connectivity index (χ3n) is 5.07. The number of carbonyl (C=O) groups is 1. The monoisotopic (exact) mass is 354 g/mol. The van der Waals surface area contributed by atoms with E-state index in [1.54, 1.807) is 24.0 Å². The first-order valence-corrected chi connectivity index (χ1v) is 8.74. The van der Waals surface area contributed by atoms with Gasteiger partial charge in [-0.3, -0.25) is 14.9 Å². The van der Waals surface area contributed by atoms with Gasteiger partial charge in [-0.25, -0.2) is 0 Å². The average molecular weight is 354 g/mol. The molecule has 1 atom stereocenters. The van der Waals surface area contributed by atoms with Crippen molar-refractivity contribution in [2.45, 2.75) is 25.9 Å². The van der Waals surface area contributed by atoms with Gasteiger partial charge in [-0.1, -0.05) is 36.4 Å². The molecule has 0 bridgehead atoms. The van der Waals surface area contributed by atoms with Crippen LogP contribution in [0.25, 0.3) is 0 Å². The fourth-order valence-corrected chi connectivity index (χ4v) is 3.46. The highest BCUT2D eigenvalue weighted by Gasteiger charge is 2.29. The molecule has 26 heavy (non-hydrogen) atoms. The largest absolute Gasteiger partial charge is 0.388 e. The summed E-state index contributed by atoms with van der Waals surface area (Å²) in [4.78, 5) is 25.0. The number of carbonyl (C=O) groups excluding carboxylic acids is 1. The van der Waals surface area contributed by atoms with Gasteiger partial charge in [0, 0.05) is 30.3 Å². The molecule has 3 rings (SSSR count). The summed E-state index contributed by atoms with van der Waals surface area (Å²) in [7, 11) is 0. The van der Waals surface area contributed by atoms with Crippen LogP contribution >= 0.6 is 0 Å². The third kappa shape index (κ3) is 3.75. The second-order valence-electron chi connectivity index (χ2n) is 6.74. The van der Waals surface area contributed by atoms with E-state index in [0.29, 0.717) is 37.1 Å². The topological polar surface area (TPSA) is 83.7 Å². The van der Waals surface area contributed by atoms with Crippen LogP contribution in [0, 0.1) is 23.0 Å². The summed E-state index contributed by atoms with van der Waals surface area (Å²) in [5.74, 6) is -0.0884. The number of nitro benzene ring substituents is 1. The molecular formula is C20H22N2O4. The van der Waals surface area contributed by atoms with Gasteiger partial charge in [0.15, 0.2) is 0 Å². The summed E-state index contributed by atoms with van der Waals surface area (Å²) in [6, 6.07) is 14.1. The van der Waals surface area contributed by atoms with Crippen LogP contribution in [0.15, 0.2) is 48.5 Å². The van der Waals surface area contributed by atoms with Crippen molar-refractivity contribution in [2.24, 2.45) is 5.92 Å². The van der Waals surface area contributed by atoms with Gasteiger partial charge in [0.2, 0.25) is 0 Å². The van der Waals surface area contributed by atoms with Crippen LogP contribution in [-0.2, 0) is 0 Å². The van der Waals surface area contributed by atoms with Crippen molar-refractivity contribution in [3.63, 3.8) is 0 Å². The maximum atomic E-state index is 12.7. The molecule has 1 fully saturated rings. The SMILES string of the molecule is Cc1ccc(C(=O)N2CCC(C(O)c3ccccc3)CC2)cc1[N+](=O)[O-]. The Morgan fingerprint density at radius 3 is 2.46 bits per heavy atom. The molecule has 1 N–H and O–H groups in total. The number of likely N-dealkylation sites (tertiary alicyclic amines) is 1. The molecule has 0 aliphatic carbocycles. The second-order valence-corrected chi connectivity index (χ2v) is 6.74. The number of rotatable bonds is 4. The van der Waals surface area contributed by atoms with Gasteiger partial charge in [-0.05, 0) is 37.3 Å². The molecule has 0 saturated carbocycles. The maximum Gasteiger partial charge on any atom is 0.273 e. The van der Waals surface area contributed by atoms with Gasteiger partial charge >= 0.3 is 0 Å². The molecule has 0 spiro atoms. The van der Waals surface area contributed by atoms with Crippen LogP contribution in [0.3, 0.4) is 0 Å². The lowest BCUT2D eigenvalue weighted by atomic mass is 9.87. The average Bonchev–Trinajstić information content (AvgIpc) is 2.68. The minimum atomic E-state index is -0.533. The summed E-state index contributed by atoms with van der Waals surface area (Å²) in [6.45, 7) is 2.73. The summed E-state index contributed by atoms with van der Waals surface area (Å²) in [5, 5.41) is 21.6. The first-order chi connectivity index (χ1) is 12.5. The van der Waals surface area contributed by atoms with Gasteiger partial charge in [0.1, 0.15) is 0 Å². The predicted molar refractivity (Wildman–Crippen MR) is 97.9 cm³/mol. The van der Waals surface area contributed by atoms with Crippen molar-refractivity contribution in [1.29, 1.82) is 0 Å². The minimum absolute atomic E-state index is 0.0368. The molecule has 0 aromatic heterocycles. The van der Waals surface area contributed by atoms with Crippen molar-refractivity contribution in [2.75, 3.05) is 13.1 Å². The highest BCUT2D eigenvalue weighted by Crippen LogP contribution is 2.31. The van der Waals surface area contributed by atoms with E-state index in [-0.39, 0.29) is 17.5 Å². The van der Waals surface area contributed by atoms with Crippen molar-refractivity contribution >= 4 is 11.6 Å². The Morgan fingerprint density at radius 1 is 1.19 bits per heavy atom. The lowest BCUT2D eigenvalue weighted by Crippen LogP contribution is -2.39. The molecular weight excluding hydrogens is 332 g/mol. The number of benzene rings is 2. The summed E-state index contributed by atoms with van der Waals surface area (Å²) in [6.07, 6.45) is 0.875. The Balaban J connectivity index is 1.65. The zero-order valence-electron chi connectivity index (χ0n) is 14.7. The molecule has 1 heterocycles. The number of aliphatic hydroxyl groups excluding tert-OH is 1. The smallest absolute Gasteiger partial charge is 0.273 e. The van der Waals surface area contributed by atoms with Gasteiger partial charge in [0.25, 0.3) is 11.6 Å². The lowest BCUT2D eigenvalue weighted by molar-refractivity contribution is -0.385. The van der Waals surface area contributed by atoms with Crippen LogP contribution in [0.5, 0.6) is 0 Å². The number of piperidine rings is 1. The quantitative estimate of drug-likeness (QED) is 0.673. The van der Waals surface area contributed by atoms with Gasteiger partial charge in [0.05, 0.1) is 11.0 Å². The minimum Gasteiger partial charge on any atom is -0.388 e. The summed E-state index contributed by atoms with van der Waals surface area (Å²) >= 11 is 0. The number of nitrogens with zero attached hydrogens (tertiary/aromatic N) is 2. The van der Waals surface area contributed by atoms with Crippen molar-refractivity contribution in [3.8, 4) is 0 Å². The number of amides is 1. The Morgan fingerprint density at radius 2 is 1.85 bits per heavy atom. The van der Waals surface area contributed by atoms with E-state index in [4.69, 9.17) is 0 Å². The van der Waals surface area contributed by atoms with E-state index < -0.39 is 11.0 Å². The molecule has 1 unspecified atom stereocenters. The van der Waals surface area contributed by atoms with Gasteiger partial charge in [-0.2, -0.15) is 0 Å². The van der Waals surface area contributed by atoms with Crippen LogP contribution in [0.1, 0.15) is 40.4 Å². The second kappa shape index (κ2) is 7.66. The van der Waals surface area contributed by atoms with Crippen LogP contribution in [0.4, 0.5) is 5.69 Å². The van der Waals surface area contributed by atoms with Crippen molar-refractivity contribution < 1.29 is 14.8 Å². The van der Waals surface area contributed by atoms with Gasteiger partial charge in [-0.15, -0.1) is 0 Å². The zero-order valence-corrected chi connectivity index (χ0v) is 14.7. The first kappa shape index (κ1) is 18.1. The van der Waals surface area contributed by atoms with Crippen LogP contribution < -0.4 is 0 Å². The van der Waals surface area contributed by atoms with E-state index in [1.165, 1.54) is 6.07 Å². The lowest BCUT2D eigenvalue weighted by Gasteiger charge is -2.34. The molecule has 1 aliphatic heterocycles. The van der Waals surface area contributed by atoms with E-state index in [0.717, 1.165) is 5.56 Å². The highest BCUT2D eigenvalue weighted by atomic mass is 16.6. The molecule has 136 valence electrons. The Bertz CT molecular complexity index is 799. The number of aliphatic hydroxyl groups is 1. The molecule has 0 radical (unpaired) electrons. The number of hydrogen-bond donors (Lipinski definition) is 1. The van der Waals surface area contributed by atoms with Crippen LogP contribution in [0.2, 0.25) is 0 Å². The summed E-state index contributed by atoms with van der Waals surface area (Å²) in [5.41, 5.74) is 1.73. The maximum absolute atomic E-state index is 12.7. The van der Waals surface area contributed by atoms with Crippen molar-refractivity contribution in [3.05, 3.63) is 75.3 Å². The molecule has 1 saturated heterocycles.